The van der Waals surface area contributed by atoms with Crippen molar-refractivity contribution in [3.8, 4) is 11.5 Å². The molecule has 2 rings (SSSR count). The second kappa shape index (κ2) is 5.51. The highest BCUT2D eigenvalue weighted by Gasteiger charge is 2.31. The number of phenols is 1. The minimum absolute atomic E-state index is 0.0409. The standard InChI is InChI=1S/C14H11F3O4/c1-20-13(19)6-8-4-9-2-3-10(21-14(15,16)17)7-11(9)12(18)5-8/h2-5,7,18H,6H2,1H3. The van der Waals surface area contributed by atoms with Crippen LogP contribution >= 0.6 is 0 Å². The van der Waals surface area contributed by atoms with Crippen molar-refractivity contribution in [3.63, 3.8) is 0 Å². The van der Waals surface area contributed by atoms with Crippen molar-refractivity contribution in [2.45, 2.75) is 12.8 Å². The van der Waals surface area contributed by atoms with Gasteiger partial charge in [0.05, 0.1) is 13.5 Å². The highest BCUT2D eigenvalue weighted by molar-refractivity contribution is 5.90. The van der Waals surface area contributed by atoms with E-state index in [0.717, 1.165) is 12.1 Å². The van der Waals surface area contributed by atoms with Gasteiger partial charge in [0, 0.05) is 5.39 Å². The summed E-state index contributed by atoms with van der Waals surface area (Å²) >= 11 is 0. The maximum atomic E-state index is 12.2. The van der Waals surface area contributed by atoms with Crippen LogP contribution in [0.1, 0.15) is 5.56 Å². The van der Waals surface area contributed by atoms with E-state index in [-0.39, 0.29) is 17.6 Å². The zero-order chi connectivity index (χ0) is 15.6. The van der Waals surface area contributed by atoms with Crippen LogP contribution in [0.2, 0.25) is 0 Å². The molecule has 0 saturated heterocycles. The Balaban J connectivity index is 2.39. The van der Waals surface area contributed by atoms with E-state index in [2.05, 4.69) is 9.47 Å². The molecule has 0 aliphatic heterocycles. The molecule has 0 radical (unpaired) electrons. The van der Waals surface area contributed by atoms with Gasteiger partial charge >= 0.3 is 12.3 Å². The molecule has 7 heteroatoms. The van der Waals surface area contributed by atoms with E-state index in [0.29, 0.717) is 10.9 Å². The van der Waals surface area contributed by atoms with Crippen molar-refractivity contribution in [1.29, 1.82) is 0 Å². The number of carbonyl (C=O) groups is 1. The van der Waals surface area contributed by atoms with Gasteiger partial charge in [-0.2, -0.15) is 0 Å². The molecule has 21 heavy (non-hydrogen) atoms. The molecule has 2 aromatic carbocycles. The minimum atomic E-state index is -4.80. The Bertz CT molecular complexity index is 680. The van der Waals surface area contributed by atoms with Crippen LogP contribution in [-0.4, -0.2) is 24.5 Å². The largest absolute Gasteiger partial charge is 0.573 e. The highest BCUT2D eigenvalue weighted by atomic mass is 19.4. The fourth-order valence-corrected chi connectivity index (χ4v) is 1.92. The second-order valence-electron chi connectivity index (χ2n) is 4.30. The van der Waals surface area contributed by atoms with E-state index in [1.165, 1.54) is 19.2 Å². The molecule has 0 atom stereocenters. The second-order valence-corrected chi connectivity index (χ2v) is 4.30. The zero-order valence-corrected chi connectivity index (χ0v) is 10.9. The molecule has 4 nitrogen and oxygen atoms in total. The average Bonchev–Trinajstić information content (AvgIpc) is 2.37. The SMILES string of the molecule is COC(=O)Cc1cc(O)c2cc(OC(F)(F)F)ccc2c1. The van der Waals surface area contributed by atoms with Crippen molar-refractivity contribution in [2.24, 2.45) is 0 Å². The summed E-state index contributed by atoms with van der Waals surface area (Å²) in [4.78, 5) is 11.2. The fraction of sp³-hybridized carbons (Fsp3) is 0.214. The number of carbonyl (C=O) groups excluding carboxylic acids is 1. The summed E-state index contributed by atoms with van der Waals surface area (Å²) in [6, 6.07) is 6.48. The van der Waals surface area contributed by atoms with Gasteiger partial charge < -0.3 is 14.6 Å². The molecule has 0 saturated carbocycles. The molecule has 0 amide bonds. The van der Waals surface area contributed by atoms with Gasteiger partial charge in [0.1, 0.15) is 11.5 Å². The third-order valence-corrected chi connectivity index (χ3v) is 2.77. The number of hydrogen-bond acceptors (Lipinski definition) is 4. The van der Waals surface area contributed by atoms with E-state index in [4.69, 9.17) is 0 Å². The fourth-order valence-electron chi connectivity index (χ4n) is 1.92. The Morgan fingerprint density at radius 1 is 1.24 bits per heavy atom. The normalized spacial score (nSPS) is 11.4. The first-order chi connectivity index (χ1) is 9.78. The van der Waals surface area contributed by atoms with Crippen LogP contribution in [0.25, 0.3) is 10.8 Å². The van der Waals surface area contributed by atoms with Crippen LogP contribution in [0.5, 0.6) is 11.5 Å². The van der Waals surface area contributed by atoms with Crippen LogP contribution in [0.4, 0.5) is 13.2 Å². The van der Waals surface area contributed by atoms with E-state index >= 15 is 0 Å². The molecule has 0 fully saturated rings. The number of esters is 1. The summed E-state index contributed by atoms with van der Waals surface area (Å²) in [5.41, 5.74) is 0.497. The molecule has 0 aliphatic rings. The summed E-state index contributed by atoms with van der Waals surface area (Å²) in [6.07, 6.45) is -4.84. The molecule has 0 unspecified atom stereocenters. The van der Waals surface area contributed by atoms with Gasteiger partial charge in [0.25, 0.3) is 0 Å². The number of benzene rings is 2. The molecule has 0 aliphatic carbocycles. The molecule has 112 valence electrons. The van der Waals surface area contributed by atoms with Gasteiger partial charge in [-0.3, -0.25) is 4.79 Å². The van der Waals surface area contributed by atoms with Crippen LogP contribution < -0.4 is 4.74 Å². The molecule has 2 aromatic rings. The lowest BCUT2D eigenvalue weighted by molar-refractivity contribution is -0.274. The van der Waals surface area contributed by atoms with E-state index < -0.39 is 18.1 Å². The highest BCUT2D eigenvalue weighted by Crippen LogP contribution is 2.32. The van der Waals surface area contributed by atoms with Crippen LogP contribution in [0.3, 0.4) is 0 Å². The monoisotopic (exact) mass is 300 g/mol. The number of ether oxygens (including phenoxy) is 2. The van der Waals surface area contributed by atoms with E-state index in [9.17, 15) is 23.1 Å². The molecule has 0 aromatic heterocycles. The van der Waals surface area contributed by atoms with Crippen molar-refractivity contribution in [1.82, 2.24) is 0 Å². The van der Waals surface area contributed by atoms with Crippen LogP contribution in [-0.2, 0) is 16.0 Å². The van der Waals surface area contributed by atoms with Gasteiger partial charge in [-0.25, -0.2) is 0 Å². The minimum Gasteiger partial charge on any atom is -0.507 e. The van der Waals surface area contributed by atoms with Gasteiger partial charge in [-0.1, -0.05) is 12.1 Å². The predicted molar refractivity (Wildman–Crippen MR) is 68.0 cm³/mol. The zero-order valence-electron chi connectivity index (χ0n) is 10.9. The molecule has 0 bridgehead atoms. The molecule has 0 spiro atoms. The maximum Gasteiger partial charge on any atom is 0.573 e. The van der Waals surface area contributed by atoms with Gasteiger partial charge in [-0.05, 0) is 29.1 Å². The number of hydrogen-bond donors (Lipinski definition) is 1. The number of halogens is 3. The first kappa shape index (κ1) is 15.0. The molecular formula is C14H11F3O4. The topological polar surface area (TPSA) is 55.8 Å². The Morgan fingerprint density at radius 3 is 2.57 bits per heavy atom. The molecule has 1 N–H and O–H groups in total. The number of methoxy groups -OCH3 is 1. The number of aromatic hydroxyl groups is 1. The third kappa shape index (κ3) is 3.77. The smallest absolute Gasteiger partial charge is 0.507 e. The summed E-state index contributed by atoms with van der Waals surface area (Å²) in [5, 5.41) is 10.6. The Hall–Kier alpha value is -2.44. The first-order valence-corrected chi connectivity index (χ1v) is 5.87. The lowest BCUT2D eigenvalue weighted by Gasteiger charge is -2.11. The Kier molecular flexibility index (Phi) is 3.93. The third-order valence-electron chi connectivity index (χ3n) is 2.77. The Labute approximate surface area is 117 Å². The van der Waals surface area contributed by atoms with Crippen molar-refractivity contribution in [2.75, 3.05) is 7.11 Å². The number of fused-ring (bicyclic) bond motifs is 1. The number of alkyl halides is 3. The lowest BCUT2D eigenvalue weighted by Crippen LogP contribution is -2.17. The molecule has 0 heterocycles. The van der Waals surface area contributed by atoms with Gasteiger partial charge in [-0.15, -0.1) is 13.2 Å². The predicted octanol–water partition coefficient (Wildman–Crippen LogP) is 3.16. The Morgan fingerprint density at radius 2 is 1.95 bits per heavy atom. The average molecular weight is 300 g/mol. The maximum absolute atomic E-state index is 12.2. The molecular weight excluding hydrogens is 289 g/mol. The summed E-state index contributed by atoms with van der Waals surface area (Å²) in [7, 11) is 1.24. The first-order valence-electron chi connectivity index (χ1n) is 5.87. The van der Waals surface area contributed by atoms with E-state index in [1.807, 2.05) is 0 Å². The van der Waals surface area contributed by atoms with Gasteiger partial charge in [0.2, 0.25) is 0 Å². The van der Waals surface area contributed by atoms with Crippen molar-refractivity contribution >= 4 is 16.7 Å². The summed E-state index contributed by atoms with van der Waals surface area (Å²) in [6.45, 7) is 0. The van der Waals surface area contributed by atoms with Gasteiger partial charge in [0.15, 0.2) is 0 Å². The summed E-state index contributed by atoms with van der Waals surface area (Å²) in [5.74, 6) is -1.14. The van der Waals surface area contributed by atoms with E-state index in [1.54, 1.807) is 6.07 Å². The lowest BCUT2D eigenvalue weighted by atomic mass is 10.0. The summed E-state index contributed by atoms with van der Waals surface area (Å²) < 4.78 is 44.8. The quantitative estimate of drug-likeness (QED) is 0.885. The van der Waals surface area contributed by atoms with Crippen LogP contribution in [0.15, 0.2) is 30.3 Å². The van der Waals surface area contributed by atoms with Crippen molar-refractivity contribution in [3.05, 3.63) is 35.9 Å². The van der Waals surface area contributed by atoms with Crippen molar-refractivity contribution < 1.29 is 32.5 Å². The van der Waals surface area contributed by atoms with Crippen LogP contribution in [0, 0.1) is 0 Å². The number of rotatable bonds is 3. The number of phenolic OH excluding ortho intramolecular Hbond substituents is 1.